The second-order valence-electron chi connectivity index (χ2n) is 2.97. The highest BCUT2D eigenvalue weighted by atomic mass is 79.9. The molecule has 0 fully saturated rings. The molecular weight excluding hydrogens is 305 g/mol. The highest BCUT2D eigenvalue weighted by molar-refractivity contribution is 9.10. The summed E-state index contributed by atoms with van der Waals surface area (Å²) in [4.78, 5) is 14.5. The number of hydrogen-bond donors (Lipinski definition) is 1. The molecule has 0 aliphatic heterocycles. The van der Waals surface area contributed by atoms with E-state index in [2.05, 4.69) is 25.7 Å². The molecule has 0 spiro atoms. The monoisotopic (exact) mass is 312 g/mol. The minimum absolute atomic E-state index is 0.0942. The van der Waals surface area contributed by atoms with E-state index in [4.69, 9.17) is 5.73 Å². The molecule has 0 unspecified atom stereocenters. The first-order valence-electron chi connectivity index (χ1n) is 4.47. The van der Waals surface area contributed by atoms with Crippen molar-refractivity contribution in [2.75, 3.05) is 12.3 Å². The number of halogens is 4. The largest absolute Gasteiger partial charge is 0.462 e. The zero-order valence-corrected chi connectivity index (χ0v) is 10.2. The normalized spacial score (nSPS) is 11.4. The Morgan fingerprint density at radius 2 is 2.18 bits per heavy atom. The van der Waals surface area contributed by atoms with E-state index in [1.165, 1.54) is 0 Å². The number of carbonyl (C=O) groups is 1. The molecule has 2 N–H and O–H groups in total. The van der Waals surface area contributed by atoms with Gasteiger partial charge in [0, 0.05) is 6.20 Å². The van der Waals surface area contributed by atoms with Crippen molar-refractivity contribution in [2.24, 2.45) is 0 Å². The predicted octanol–water partition coefficient (Wildman–Crippen LogP) is 2.62. The number of rotatable bonds is 2. The van der Waals surface area contributed by atoms with Gasteiger partial charge in [-0.2, -0.15) is 13.2 Å². The number of anilines is 1. The van der Waals surface area contributed by atoms with Crippen molar-refractivity contribution < 1.29 is 22.7 Å². The topological polar surface area (TPSA) is 65.2 Å². The van der Waals surface area contributed by atoms with E-state index in [1.807, 2.05) is 0 Å². The van der Waals surface area contributed by atoms with Crippen molar-refractivity contribution in [1.29, 1.82) is 0 Å². The molecule has 0 bridgehead atoms. The summed E-state index contributed by atoms with van der Waals surface area (Å²) < 4.78 is 41.5. The molecule has 0 saturated heterocycles. The molecule has 0 amide bonds. The van der Waals surface area contributed by atoms with Crippen molar-refractivity contribution in [3.63, 3.8) is 0 Å². The summed E-state index contributed by atoms with van der Waals surface area (Å²) in [5.41, 5.74) is 3.70. The number of esters is 1. The van der Waals surface area contributed by atoms with E-state index in [0.717, 1.165) is 6.20 Å². The Hall–Kier alpha value is -1.31. The number of hydrogen-bond acceptors (Lipinski definition) is 4. The number of nitrogens with two attached hydrogens (primary N) is 1. The summed E-state index contributed by atoms with van der Waals surface area (Å²) in [7, 11) is 0. The van der Waals surface area contributed by atoms with Gasteiger partial charge in [-0.1, -0.05) is 0 Å². The first-order chi connectivity index (χ1) is 7.79. The van der Waals surface area contributed by atoms with Gasteiger partial charge in [-0.15, -0.1) is 0 Å². The van der Waals surface area contributed by atoms with Gasteiger partial charge < -0.3 is 10.5 Å². The van der Waals surface area contributed by atoms with Crippen LogP contribution in [-0.2, 0) is 10.9 Å². The van der Waals surface area contributed by atoms with Crippen molar-refractivity contribution in [1.82, 2.24) is 4.98 Å². The fourth-order valence-corrected chi connectivity index (χ4v) is 1.61. The molecule has 0 aromatic carbocycles. The van der Waals surface area contributed by atoms with Gasteiger partial charge in [-0.3, -0.25) is 0 Å². The van der Waals surface area contributed by atoms with Crippen LogP contribution in [0.4, 0.5) is 18.9 Å². The molecule has 0 aliphatic carbocycles. The van der Waals surface area contributed by atoms with Gasteiger partial charge in [-0.25, -0.2) is 9.78 Å². The van der Waals surface area contributed by atoms with Crippen LogP contribution in [0.25, 0.3) is 0 Å². The third-order valence-electron chi connectivity index (χ3n) is 1.82. The summed E-state index contributed by atoms with van der Waals surface area (Å²) in [6, 6.07) is 0. The molecule has 94 valence electrons. The van der Waals surface area contributed by atoms with Crippen LogP contribution in [0.5, 0.6) is 0 Å². The zero-order valence-electron chi connectivity index (χ0n) is 8.64. The first kappa shape index (κ1) is 13.8. The Kier molecular flexibility index (Phi) is 3.97. The Bertz CT molecular complexity index is 449. The van der Waals surface area contributed by atoms with E-state index < -0.39 is 22.3 Å². The molecule has 8 heteroatoms. The Labute approximate surface area is 103 Å². The van der Waals surface area contributed by atoms with Crippen molar-refractivity contribution >= 4 is 27.6 Å². The summed E-state index contributed by atoms with van der Waals surface area (Å²) in [6.45, 7) is 1.66. The first-order valence-corrected chi connectivity index (χ1v) is 5.26. The molecule has 0 atom stereocenters. The van der Waals surface area contributed by atoms with Gasteiger partial charge >= 0.3 is 12.1 Å². The lowest BCUT2D eigenvalue weighted by Gasteiger charge is -2.12. The molecule has 4 nitrogen and oxygen atoms in total. The number of nitrogens with zero attached hydrogens (tertiary/aromatic N) is 1. The van der Waals surface area contributed by atoms with Crippen molar-refractivity contribution in [3.8, 4) is 0 Å². The summed E-state index contributed by atoms with van der Waals surface area (Å²) >= 11 is 2.67. The number of alkyl halides is 3. The Morgan fingerprint density at radius 3 is 2.65 bits per heavy atom. The van der Waals surface area contributed by atoms with E-state index in [-0.39, 0.29) is 17.9 Å². The van der Waals surface area contributed by atoms with Gasteiger partial charge in [0.15, 0.2) is 5.69 Å². The quantitative estimate of drug-likeness (QED) is 0.853. The average Bonchev–Trinajstić information content (AvgIpc) is 2.20. The molecule has 1 heterocycles. The van der Waals surface area contributed by atoms with Crippen LogP contribution >= 0.6 is 15.9 Å². The third kappa shape index (κ3) is 2.87. The van der Waals surface area contributed by atoms with E-state index in [0.29, 0.717) is 0 Å². The van der Waals surface area contributed by atoms with Crippen LogP contribution in [0.2, 0.25) is 0 Å². The predicted molar refractivity (Wildman–Crippen MR) is 57.3 cm³/mol. The number of aromatic nitrogens is 1. The zero-order chi connectivity index (χ0) is 13.2. The summed E-state index contributed by atoms with van der Waals surface area (Å²) in [5.74, 6) is -0.813. The fraction of sp³-hybridized carbons (Fsp3) is 0.333. The smallest absolute Gasteiger partial charge is 0.434 e. The van der Waals surface area contributed by atoms with Gasteiger partial charge in [0.25, 0.3) is 0 Å². The number of nitrogen functional groups attached to an aromatic ring is 1. The van der Waals surface area contributed by atoms with E-state index >= 15 is 0 Å². The lowest BCUT2D eigenvalue weighted by molar-refractivity contribution is -0.141. The van der Waals surface area contributed by atoms with Gasteiger partial charge in [-0.05, 0) is 22.9 Å². The van der Waals surface area contributed by atoms with Crippen molar-refractivity contribution in [2.45, 2.75) is 13.1 Å². The highest BCUT2D eigenvalue weighted by Crippen LogP contribution is 2.37. The van der Waals surface area contributed by atoms with Crippen LogP contribution in [0.1, 0.15) is 23.0 Å². The maximum absolute atomic E-state index is 12.4. The Morgan fingerprint density at radius 1 is 1.59 bits per heavy atom. The van der Waals surface area contributed by atoms with Crippen LogP contribution in [0, 0.1) is 0 Å². The summed E-state index contributed by atoms with van der Waals surface area (Å²) in [5, 5.41) is 0. The molecule has 1 aromatic heterocycles. The molecule has 0 saturated carbocycles. The minimum Gasteiger partial charge on any atom is -0.462 e. The van der Waals surface area contributed by atoms with Crippen molar-refractivity contribution in [3.05, 3.63) is 21.9 Å². The SMILES string of the molecule is CCOC(=O)c1cnc(C(F)(F)F)c(Br)c1N. The second kappa shape index (κ2) is 4.91. The lowest BCUT2D eigenvalue weighted by Crippen LogP contribution is -2.15. The molecule has 0 aliphatic rings. The molecule has 1 rings (SSSR count). The van der Waals surface area contributed by atoms with Gasteiger partial charge in [0.1, 0.15) is 5.56 Å². The molecule has 17 heavy (non-hydrogen) atoms. The lowest BCUT2D eigenvalue weighted by atomic mass is 10.2. The number of ether oxygens (including phenoxy) is 1. The average molecular weight is 313 g/mol. The van der Waals surface area contributed by atoms with Gasteiger partial charge in [0.2, 0.25) is 0 Å². The van der Waals surface area contributed by atoms with E-state index in [9.17, 15) is 18.0 Å². The van der Waals surface area contributed by atoms with Gasteiger partial charge in [0.05, 0.1) is 16.8 Å². The number of carbonyl (C=O) groups excluding carboxylic acids is 1. The highest BCUT2D eigenvalue weighted by Gasteiger charge is 2.36. The third-order valence-corrected chi connectivity index (χ3v) is 2.62. The molecule has 0 radical (unpaired) electrons. The Balaban J connectivity index is 3.25. The maximum Gasteiger partial charge on any atom is 0.434 e. The van der Waals surface area contributed by atoms with E-state index in [1.54, 1.807) is 6.92 Å². The maximum atomic E-state index is 12.4. The fourth-order valence-electron chi connectivity index (χ4n) is 1.07. The standard InChI is InChI=1S/C9H8BrF3N2O2/c1-2-17-8(16)4-3-15-7(9(11,12)13)5(10)6(4)14/h3H,2H2,1H3,(H2,14,15). The number of pyridine rings is 1. The van der Waals surface area contributed by atoms with Crippen LogP contribution < -0.4 is 5.73 Å². The van der Waals surface area contributed by atoms with Crippen LogP contribution in [0.15, 0.2) is 10.7 Å². The van der Waals surface area contributed by atoms with Crippen LogP contribution in [-0.4, -0.2) is 17.6 Å². The molecule has 1 aromatic rings. The van der Waals surface area contributed by atoms with Crippen LogP contribution in [0.3, 0.4) is 0 Å². The second-order valence-corrected chi connectivity index (χ2v) is 3.76. The minimum atomic E-state index is -4.64. The summed E-state index contributed by atoms with van der Waals surface area (Å²) in [6.07, 6.45) is -3.89. The molecular formula is C9H8BrF3N2O2.